The maximum atomic E-state index is 12.0. The van der Waals surface area contributed by atoms with Crippen LogP contribution in [0.2, 0.25) is 0 Å². The highest BCUT2D eigenvalue weighted by atomic mass is 32.1. The summed E-state index contributed by atoms with van der Waals surface area (Å²) in [6, 6.07) is 0.412. The van der Waals surface area contributed by atoms with Gasteiger partial charge in [0.15, 0.2) is 5.13 Å². The summed E-state index contributed by atoms with van der Waals surface area (Å²) in [5.41, 5.74) is 0. The average Bonchev–Trinajstić information content (AvgIpc) is 3.22. The second kappa shape index (κ2) is 7.20. The van der Waals surface area contributed by atoms with Gasteiger partial charge in [0.1, 0.15) is 5.76 Å². The van der Waals surface area contributed by atoms with Crippen LogP contribution in [0.1, 0.15) is 18.1 Å². The molecule has 1 fully saturated rings. The van der Waals surface area contributed by atoms with E-state index in [9.17, 15) is 4.79 Å². The summed E-state index contributed by atoms with van der Waals surface area (Å²) in [6.45, 7) is 4.79. The molecule has 1 saturated heterocycles. The van der Waals surface area contributed by atoms with Crippen molar-refractivity contribution < 1.29 is 9.21 Å². The van der Waals surface area contributed by atoms with Crippen molar-refractivity contribution in [3.05, 3.63) is 29.4 Å². The van der Waals surface area contributed by atoms with Crippen molar-refractivity contribution in [2.45, 2.75) is 25.9 Å². The van der Waals surface area contributed by atoms with Crippen LogP contribution < -0.4 is 5.32 Å². The molecule has 0 unspecified atom stereocenters. The number of nitrogens with one attached hydrogen (secondary N) is 1. The summed E-state index contributed by atoms with van der Waals surface area (Å²) >= 11 is 1.43. The quantitative estimate of drug-likeness (QED) is 0.864. The molecular weight excluding hydrogens is 314 g/mol. The van der Waals surface area contributed by atoms with Gasteiger partial charge in [0.05, 0.1) is 19.3 Å². The minimum absolute atomic E-state index is 0.00780. The number of rotatable bonds is 6. The van der Waals surface area contributed by atoms with E-state index in [0.717, 1.165) is 31.2 Å². The smallest absolute Gasteiger partial charge is 0.240 e. The van der Waals surface area contributed by atoms with Gasteiger partial charge < -0.3 is 9.73 Å². The number of aryl methyl sites for hydroxylation is 1. The Morgan fingerprint density at radius 3 is 3.13 bits per heavy atom. The zero-order valence-corrected chi connectivity index (χ0v) is 14.2. The van der Waals surface area contributed by atoms with Crippen LogP contribution in [0, 0.1) is 6.92 Å². The van der Waals surface area contributed by atoms with Crippen LogP contribution in [-0.2, 0) is 11.3 Å². The van der Waals surface area contributed by atoms with Gasteiger partial charge in [-0.05, 0) is 20.4 Å². The molecule has 1 N–H and O–H groups in total. The molecule has 0 aliphatic carbocycles. The van der Waals surface area contributed by atoms with Crippen LogP contribution in [0.25, 0.3) is 0 Å². The van der Waals surface area contributed by atoms with Gasteiger partial charge in [-0.15, -0.1) is 11.3 Å². The summed E-state index contributed by atoms with van der Waals surface area (Å²) in [4.78, 5) is 24.7. The number of likely N-dealkylation sites (tertiary alicyclic amines) is 1. The lowest BCUT2D eigenvalue weighted by Gasteiger charge is -2.23. The Morgan fingerprint density at radius 2 is 2.43 bits per heavy atom. The zero-order valence-electron chi connectivity index (χ0n) is 13.4. The van der Waals surface area contributed by atoms with E-state index in [1.165, 1.54) is 11.3 Å². The molecule has 1 aliphatic heterocycles. The van der Waals surface area contributed by atoms with Crippen LogP contribution in [0.3, 0.4) is 0 Å². The predicted molar refractivity (Wildman–Crippen MR) is 88.3 cm³/mol. The molecule has 1 atom stereocenters. The number of carbonyl (C=O) groups excluding carboxylic acids is 1. The normalized spacial score (nSPS) is 18.7. The van der Waals surface area contributed by atoms with Gasteiger partial charge in [0, 0.05) is 30.7 Å². The predicted octanol–water partition coefficient (Wildman–Crippen LogP) is 1.58. The average molecular weight is 335 g/mol. The molecule has 0 saturated carbocycles. The first-order chi connectivity index (χ1) is 11.1. The Kier molecular flexibility index (Phi) is 5.04. The van der Waals surface area contributed by atoms with Crippen molar-refractivity contribution in [2.75, 3.05) is 32.0 Å². The van der Waals surface area contributed by atoms with Gasteiger partial charge in [0.25, 0.3) is 0 Å². The van der Waals surface area contributed by atoms with Gasteiger partial charge in [0.2, 0.25) is 11.8 Å². The van der Waals surface area contributed by atoms with E-state index >= 15 is 0 Å². The molecule has 2 aromatic rings. The standard InChI is InChI=1S/C15H21N5O2S/c1-11-7-17-14(22-11)10-19(2)12-3-5-20(8-12)9-13(21)18-15-16-4-6-23-15/h4,6-7,12H,3,5,8-10H2,1-2H3,(H,16,18,21)/t12-/m0/s1. The molecule has 0 bridgehead atoms. The number of hydrogen-bond acceptors (Lipinski definition) is 7. The van der Waals surface area contributed by atoms with Crippen molar-refractivity contribution in [2.24, 2.45) is 0 Å². The number of amides is 1. The van der Waals surface area contributed by atoms with E-state index in [4.69, 9.17) is 4.42 Å². The number of thiazole rings is 1. The lowest BCUT2D eigenvalue weighted by molar-refractivity contribution is -0.117. The number of oxazole rings is 1. The molecule has 2 aromatic heterocycles. The molecule has 0 spiro atoms. The fraction of sp³-hybridized carbons (Fsp3) is 0.533. The van der Waals surface area contributed by atoms with Gasteiger partial charge >= 0.3 is 0 Å². The molecule has 3 rings (SSSR count). The highest BCUT2D eigenvalue weighted by Crippen LogP contribution is 2.17. The van der Waals surface area contributed by atoms with E-state index in [1.54, 1.807) is 12.4 Å². The molecule has 0 radical (unpaired) electrons. The lowest BCUT2D eigenvalue weighted by Crippen LogP contribution is -2.36. The summed E-state index contributed by atoms with van der Waals surface area (Å²) in [7, 11) is 2.07. The Labute approximate surface area is 139 Å². The van der Waals surface area contributed by atoms with Gasteiger partial charge in [-0.2, -0.15) is 0 Å². The van der Waals surface area contributed by atoms with E-state index < -0.39 is 0 Å². The van der Waals surface area contributed by atoms with E-state index in [0.29, 0.717) is 24.3 Å². The molecule has 3 heterocycles. The number of hydrogen-bond donors (Lipinski definition) is 1. The van der Waals surface area contributed by atoms with Crippen molar-refractivity contribution in [1.82, 2.24) is 19.8 Å². The maximum Gasteiger partial charge on any atom is 0.240 e. The van der Waals surface area contributed by atoms with Crippen molar-refractivity contribution in [3.63, 3.8) is 0 Å². The number of nitrogens with zero attached hydrogens (tertiary/aromatic N) is 4. The third kappa shape index (κ3) is 4.37. The van der Waals surface area contributed by atoms with Crippen molar-refractivity contribution >= 4 is 22.4 Å². The Morgan fingerprint density at radius 1 is 1.57 bits per heavy atom. The third-order valence-electron chi connectivity index (χ3n) is 3.97. The topological polar surface area (TPSA) is 74.5 Å². The molecule has 1 amide bonds. The lowest BCUT2D eigenvalue weighted by atomic mass is 10.2. The minimum atomic E-state index is -0.00780. The van der Waals surface area contributed by atoms with Crippen LogP contribution >= 0.6 is 11.3 Å². The monoisotopic (exact) mass is 335 g/mol. The highest BCUT2D eigenvalue weighted by Gasteiger charge is 2.27. The number of anilines is 1. The fourth-order valence-corrected chi connectivity index (χ4v) is 3.32. The number of likely N-dealkylation sites (N-methyl/N-ethyl adjacent to an activating group) is 1. The first-order valence-corrected chi connectivity index (χ1v) is 8.51. The van der Waals surface area contributed by atoms with Gasteiger partial charge in [-0.25, -0.2) is 9.97 Å². The summed E-state index contributed by atoms with van der Waals surface area (Å²) in [6.07, 6.45) is 4.47. The van der Waals surface area contributed by atoms with Crippen LogP contribution in [0.4, 0.5) is 5.13 Å². The molecular formula is C15H21N5O2S. The second-order valence-electron chi connectivity index (χ2n) is 5.84. The molecule has 7 nitrogen and oxygen atoms in total. The second-order valence-corrected chi connectivity index (χ2v) is 6.74. The Bertz CT molecular complexity index is 642. The van der Waals surface area contributed by atoms with Gasteiger partial charge in [-0.3, -0.25) is 14.6 Å². The summed E-state index contributed by atoms with van der Waals surface area (Å²) in [5, 5.41) is 5.33. The molecule has 1 aliphatic rings. The molecule has 23 heavy (non-hydrogen) atoms. The van der Waals surface area contributed by atoms with Crippen LogP contribution in [0.5, 0.6) is 0 Å². The Hall–Kier alpha value is -1.77. The molecule has 0 aromatic carbocycles. The third-order valence-corrected chi connectivity index (χ3v) is 4.66. The van der Waals surface area contributed by atoms with Crippen LogP contribution in [0.15, 0.2) is 22.2 Å². The largest absolute Gasteiger partial charge is 0.445 e. The van der Waals surface area contributed by atoms with Crippen molar-refractivity contribution in [1.29, 1.82) is 0 Å². The van der Waals surface area contributed by atoms with E-state index in [1.807, 2.05) is 12.3 Å². The van der Waals surface area contributed by atoms with Gasteiger partial charge in [-0.1, -0.05) is 0 Å². The molecule has 8 heteroatoms. The van der Waals surface area contributed by atoms with E-state index in [2.05, 4.69) is 32.1 Å². The SMILES string of the molecule is Cc1cnc(CN(C)[C@H]2CCN(CC(=O)Nc3nccs3)C2)o1. The first kappa shape index (κ1) is 16.1. The molecule has 124 valence electrons. The number of aromatic nitrogens is 2. The highest BCUT2D eigenvalue weighted by molar-refractivity contribution is 7.13. The number of carbonyl (C=O) groups is 1. The fourth-order valence-electron chi connectivity index (χ4n) is 2.78. The van der Waals surface area contributed by atoms with E-state index in [-0.39, 0.29) is 5.91 Å². The minimum Gasteiger partial charge on any atom is -0.445 e. The maximum absolute atomic E-state index is 12.0. The Balaban J connectivity index is 1.45. The summed E-state index contributed by atoms with van der Waals surface area (Å²) < 4.78 is 5.53. The summed E-state index contributed by atoms with van der Waals surface area (Å²) in [5.74, 6) is 1.57. The van der Waals surface area contributed by atoms with Crippen molar-refractivity contribution in [3.8, 4) is 0 Å². The zero-order chi connectivity index (χ0) is 16.2. The van der Waals surface area contributed by atoms with Crippen LogP contribution in [-0.4, -0.2) is 58.4 Å². The first-order valence-electron chi connectivity index (χ1n) is 7.63.